The third-order valence-electron chi connectivity index (χ3n) is 8.70. The van der Waals surface area contributed by atoms with Crippen LogP contribution in [-0.2, 0) is 37.9 Å². The lowest BCUT2D eigenvalue weighted by atomic mass is 9.77. The molecule has 0 aliphatic carbocycles. The molecule has 5 fully saturated rings. The molecule has 13 atom stereocenters. The van der Waals surface area contributed by atoms with Gasteiger partial charge in [0, 0.05) is 0 Å². The minimum Gasteiger partial charge on any atom is -0.435 e. The number of carbonyl (C=O) groups excluding carboxylic acids is 3. The first-order chi connectivity index (χ1) is 20.2. The largest absolute Gasteiger partial charge is 0.435 e. The van der Waals surface area contributed by atoms with E-state index in [9.17, 15) is 85.9 Å². The summed E-state index contributed by atoms with van der Waals surface area (Å²) in [6, 6.07) is 0. The topological polar surface area (TPSA) is 388 Å². The Labute approximate surface area is 243 Å². The Balaban J connectivity index is 2.36. The number of carbonyl (C=O) groups is 3. The third kappa shape index (κ3) is 3.43. The highest BCUT2D eigenvalue weighted by Crippen LogP contribution is 2.79. The molecule has 44 heavy (non-hydrogen) atoms. The lowest BCUT2D eigenvalue weighted by Gasteiger charge is -2.62. The normalized spacial score (nSPS) is 52.9. The number of aliphatic hydroxyl groups is 14. The lowest BCUT2D eigenvalue weighted by Crippen LogP contribution is -2.84. The zero-order chi connectivity index (χ0) is 33.6. The van der Waals surface area contributed by atoms with Gasteiger partial charge in [0.05, 0.1) is 33.0 Å². The van der Waals surface area contributed by atoms with E-state index in [1.165, 1.54) is 0 Å². The average Bonchev–Trinajstić information content (AvgIpc) is 3.02. The van der Waals surface area contributed by atoms with Crippen molar-refractivity contribution in [2.24, 2.45) is 0 Å². The Morgan fingerprint density at radius 1 is 0.727 bits per heavy atom. The predicted octanol–water partition coefficient (Wildman–Crippen LogP) is -10.2. The van der Waals surface area contributed by atoms with Crippen molar-refractivity contribution in [3.05, 3.63) is 0 Å². The minimum atomic E-state index is -7.31. The highest BCUT2D eigenvalue weighted by molar-refractivity contribution is 7.83. The summed E-state index contributed by atoms with van der Waals surface area (Å²) in [5.74, 6) is -14.2. The minimum absolute atomic E-state index is 1.49. The molecule has 0 radical (unpaired) electrons. The summed E-state index contributed by atoms with van der Waals surface area (Å²) in [4.78, 5) is 41.1. The van der Waals surface area contributed by atoms with Crippen LogP contribution in [-0.4, -0.2) is 198 Å². The van der Waals surface area contributed by atoms with E-state index in [1.807, 2.05) is 0 Å². The number of ether oxygens (including phenoxy) is 4. The van der Waals surface area contributed by atoms with Gasteiger partial charge in [0.2, 0.25) is 23.4 Å². The van der Waals surface area contributed by atoms with E-state index < -0.39 is 134 Å². The van der Waals surface area contributed by atoms with Gasteiger partial charge in [-0.25, -0.2) is 9.59 Å². The molecule has 5 aliphatic rings. The Hall–Kier alpha value is -1.80. The Kier molecular flexibility index (Phi) is 8.46. The second-order valence-corrected chi connectivity index (χ2v) is 13.7. The third-order valence-corrected chi connectivity index (χ3v) is 12.7. The number of rotatable bonds is 7. The summed E-state index contributed by atoms with van der Waals surface area (Å²) in [7, 11) is -7.31. The highest BCUT2D eigenvalue weighted by Gasteiger charge is 2.95. The van der Waals surface area contributed by atoms with Crippen molar-refractivity contribution in [2.75, 3.05) is 33.0 Å². The van der Waals surface area contributed by atoms with Crippen LogP contribution < -0.4 is 0 Å². The molecule has 0 aromatic rings. The van der Waals surface area contributed by atoms with Crippen molar-refractivity contribution < 1.29 is 109 Å². The van der Waals surface area contributed by atoms with Crippen LogP contribution in [0.5, 0.6) is 0 Å². The van der Waals surface area contributed by atoms with Gasteiger partial charge in [-0.2, -0.15) is 0 Å². The number of aliphatic hydroxyl groups excluding tert-OH is 10. The Morgan fingerprint density at radius 3 is 1.34 bits per heavy atom. The molecule has 0 aromatic carbocycles. The highest BCUT2D eigenvalue weighted by atomic mass is 31.2. The second-order valence-electron chi connectivity index (χ2n) is 10.7. The van der Waals surface area contributed by atoms with Crippen molar-refractivity contribution in [3.63, 3.8) is 0 Å². The molecular formula is C21H31O22P. The van der Waals surface area contributed by atoms with Gasteiger partial charge < -0.3 is 95.0 Å². The molecule has 23 heteroatoms. The van der Waals surface area contributed by atoms with Crippen LogP contribution in [0.1, 0.15) is 0 Å². The van der Waals surface area contributed by atoms with E-state index in [0.717, 1.165) is 0 Å². The van der Waals surface area contributed by atoms with Gasteiger partial charge in [-0.15, -0.1) is 0 Å². The first-order valence-corrected chi connectivity index (χ1v) is 14.3. The molecule has 14 N–H and O–H groups in total. The van der Waals surface area contributed by atoms with Gasteiger partial charge in [-0.3, -0.25) is 4.79 Å². The maximum Gasteiger partial charge on any atom is 0.360 e. The van der Waals surface area contributed by atoms with Crippen molar-refractivity contribution in [1.29, 1.82) is 0 Å². The molecule has 252 valence electrons. The van der Waals surface area contributed by atoms with Crippen LogP contribution in [0.3, 0.4) is 0 Å². The molecule has 2 bridgehead atoms. The standard InChI is InChI=1S/C21H31O22P/c22-1-6(27)13(32)44(39)18(35)11(30)9(28)7(2-23)40-20(18,37)16(4-25)14(33)43-17(5-26,15(34)42-16)21(38)19(44,36)12(31)10(29)8(3-24)41-21/h6-12,22-31,35-38H,1-5H2/t6?,7-,8-,9-,10-,11+,12+,16?,17?,18-,19-,20?,21?,44?/m1/s1. The van der Waals surface area contributed by atoms with Gasteiger partial charge in [0.25, 0.3) is 22.8 Å². The zero-order valence-corrected chi connectivity index (χ0v) is 22.9. The Morgan fingerprint density at radius 2 is 1.07 bits per heavy atom. The van der Waals surface area contributed by atoms with Crippen molar-refractivity contribution in [3.8, 4) is 0 Å². The molecule has 5 rings (SSSR count). The molecule has 5 unspecified atom stereocenters. The van der Waals surface area contributed by atoms with Gasteiger partial charge in [-0.1, -0.05) is 0 Å². The van der Waals surface area contributed by atoms with E-state index in [1.54, 1.807) is 0 Å². The van der Waals surface area contributed by atoms with Crippen LogP contribution >= 0.6 is 7.14 Å². The molecule has 0 aromatic heterocycles. The summed E-state index contributed by atoms with van der Waals surface area (Å²) in [6.07, 6.45) is -20.8. The molecule has 0 amide bonds. The summed E-state index contributed by atoms with van der Waals surface area (Å²) in [5, 5.41) is 142. The fourth-order valence-corrected chi connectivity index (χ4v) is 10.2. The quantitative estimate of drug-likeness (QED) is 0.0885. The number of hydrogen-bond acceptors (Lipinski definition) is 22. The summed E-state index contributed by atoms with van der Waals surface area (Å²) < 4.78 is 35.1. The number of fused-ring (bicyclic) bond motifs is 2. The summed E-state index contributed by atoms with van der Waals surface area (Å²) >= 11 is 0. The molecule has 0 saturated carbocycles. The van der Waals surface area contributed by atoms with Gasteiger partial charge in [0.15, 0.2) is 0 Å². The van der Waals surface area contributed by atoms with E-state index in [-0.39, 0.29) is 0 Å². The van der Waals surface area contributed by atoms with Crippen LogP contribution in [0.2, 0.25) is 0 Å². The maximum absolute atomic E-state index is 15.4. The molecular weight excluding hydrogens is 635 g/mol. The van der Waals surface area contributed by atoms with Crippen molar-refractivity contribution in [2.45, 2.75) is 76.2 Å². The van der Waals surface area contributed by atoms with Crippen molar-refractivity contribution in [1.82, 2.24) is 0 Å². The monoisotopic (exact) mass is 666 g/mol. The van der Waals surface area contributed by atoms with Crippen LogP contribution in [0, 0.1) is 0 Å². The first-order valence-electron chi connectivity index (χ1n) is 12.6. The van der Waals surface area contributed by atoms with E-state index in [0.29, 0.717) is 0 Å². The fraction of sp³-hybridized carbons (Fsp3) is 0.857. The maximum atomic E-state index is 15.4. The molecule has 5 aliphatic heterocycles. The van der Waals surface area contributed by atoms with E-state index >= 15 is 4.57 Å². The Bertz CT molecular complexity index is 1180. The van der Waals surface area contributed by atoms with Gasteiger partial charge in [-0.05, 0) is 0 Å². The average molecular weight is 666 g/mol. The molecule has 22 nitrogen and oxygen atoms in total. The predicted molar refractivity (Wildman–Crippen MR) is 125 cm³/mol. The molecule has 0 spiro atoms. The summed E-state index contributed by atoms with van der Waals surface area (Å²) in [5.41, 5.74) is -10.9. The van der Waals surface area contributed by atoms with E-state index in [2.05, 4.69) is 0 Å². The van der Waals surface area contributed by atoms with Crippen LogP contribution in [0.15, 0.2) is 0 Å². The smallest absolute Gasteiger partial charge is 0.360 e. The van der Waals surface area contributed by atoms with Crippen LogP contribution in [0.4, 0.5) is 0 Å². The van der Waals surface area contributed by atoms with Gasteiger partial charge >= 0.3 is 11.9 Å². The van der Waals surface area contributed by atoms with Crippen LogP contribution in [0.25, 0.3) is 0 Å². The summed E-state index contributed by atoms with van der Waals surface area (Å²) in [6.45, 7) is -9.09. The zero-order valence-electron chi connectivity index (χ0n) is 22.1. The fourth-order valence-electron chi connectivity index (χ4n) is 6.18. The second kappa shape index (κ2) is 10.6. The SMILES string of the molecule is O=C1OC2(CO)C(=O)OC1(CO)C1(O)O[C@H](CO)[C@@H](O)[C@H](O)[C@@]1(O)P(=O)(C(=O)C(O)CO)[C@]1(O)[C@@H](O)[C@H](O)[C@@H](CO)OC21O. The van der Waals surface area contributed by atoms with E-state index in [4.69, 9.17) is 18.9 Å². The van der Waals surface area contributed by atoms with Gasteiger partial charge in [0.1, 0.15) is 42.7 Å². The van der Waals surface area contributed by atoms with Crippen molar-refractivity contribution >= 4 is 24.6 Å². The number of esters is 2. The molecule has 5 saturated heterocycles. The first kappa shape index (κ1) is 35.1. The number of hydrogen-bond donors (Lipinski definition) is 14. The molecule has 5 heterocycles. The lowest BCUT2D eigenvalue weighted by molar-refractivity contribution is -0.427.